The Labute approximate surface area is 183 Å². The van der Waals surface area contributed by atoms with Crippen molar-refractivity contribution in [3.8, 4) is 5.75 Å². The fourth-order valence-corrected chi connectivity index (χ4v) is 4.69. The van der Waals surface area contributed by atoms with Gasteiger partial charge in [-0.1, -0.05) is 6.07 Å². The van der Waals surface area contributed by atoms with Gasteiger partial charge >= 0.3 is 0 Å². The number of ether oxygens (including phenoxy) is 1. The minimum Gasteiger partial charge on any atom is -0.491 e. The Balaban J connectivity index is 1.43. The van der Waals surface area contributed by atoms with Crippen molar-refractivity contribution in [3.05, 3.63) is 35.9 Å². The summed E-state index contributed by atoms with van der Waals surface area (Å²) < 4.78 is 8.01. The highest BCUT2D eigenvalue weighted by Crippen LogP contribution is 2.41. The SMILES string of the molecule is CC(C)n1ncnc1C1=NN2c3cc(C4CN(C(C)(C)CO)C4)ccc3OCCC2C1. The molecule has 8 heteroatoms. The van der Waals surface area contributed by atoms with Crippen molar-refractivity contribution in [2.24, 2.45) is 5.10 Å². The number of hydrogen-bond donors (Lipinski definition) is 1. The van der Waals surface area contributed by atoms with Crippen molar-refractivity contribution in [1.29, 1.82) is 0 Å². The fourth-order valence-electron chi connectivity index (χ4n) is 4.69. The molecule has 1 N–H and O–H groups in total. The topological polar surface area (TPSA) is 79.0 Å². The number of hydrazone groups is 1. The Morgan fingerprint density at radius 1 is 1.26 bits per heavy atom. The van der Waals surface area contributed by atoms with Crippen LogP contribution in [0.2, 0.25) is 0 Å². The molecule has 3 aliphatic rings. The van der Waals surface area contributed by atoms with Crippen LogP contribution in [-0.4, -0.2) is 68.4 Å². The summed E-state index contributed by atoms with van der Waals surface area (Å²) in [4.78, 5) is 6.84. The molecule has 166 valence electrons. The van der Waals surface area contributed by atoms with Crippen LogP contribution in [0, 0.1) is 0 Å². The average molecular weight is 425 g/mol. The van der Waals surface area contributed by atoms with Crippen LogP contribution in [-0.2, 0) is 0 Å². The average Bonchev–Trinajstić information content (AvgIpc) is 3.31. The van der Waals surface area contributed by atoms with Gasteiger partial charge in [-0.3, -0.25) is 9.91 Å². The third-order valence-electron chi connectivity index (χ3n) is 6.86. The first kappa shape index (κ1) is 20.5. The van der Waals surface area contributed by atoms with Crippen molar-refractivity contribution < 1.29 is 9.84 Å². The summed E-state index contributed by atoms with van der Waals surface area (Å²) in [5, 5.41) is 21.2. The van der Waals surface area contributed by atoms with Crippen LogP contribution in [0.3, 0.4) is 0 Å². The lowest BCUT2D eigenvalue weighted by Gasteiger charge is -2.48. The minimum atomic E-state index is -0.170. The number of benzene rings is 1. The van der Waals surface area contributed by atoms with E-state index in [4.69, 9.17) is 9.84 Å². The van der Waals surface area contributed by atoms with E-state index in [1.807, 2.05) is 4.68 Å². The Kier molecular flexibility index (Phi) is 5.01. The summed E-state index contributed by atoms with van der Waals surface area (Å²) in [6, 6.07) is 7.05. The zero-order valence-corrected chi connectivity index (χ0v) is 18.8. The molecule has 0 spiro atoms. The van der Waals surface area contributed by atoms with Crippen LogP contribution < -0.4 is 9.75 Å². The Morgan fingerprint density at radius 3 is 2.81 bits per heavy atom. The van der Waals surface area contributed by atoms with E-state index in [1.165, 1.54) is 5.56 Å². The molecular formula is C23H32N6O2. The van der Waals surface area contributed by atoms with Gasteiger partial charge in [0.2, 0.25) is 0 Å². The first-order chi connectivity index (χ1) is 14.9. The molecule has 1 saturated heterocycles. The largest absolute Gasteiger partial charge is 0.491 e. The molecule has 0 amide bonds. The fraction of sp³-hybridized carbons (Fsp3) is 0.609. The van der Waals surface area contributed by atoms with Gasteiger partial charge in [-0.25, -0.2) is 9.67 Å². The zero-order valence-electron chi connectivity index (χ0n) is 18.8. The van der Waals surface area contributed by atoms with Crippen LogP contribution in [0.4, 0.5) is 5.69 Å². The Morgan fingerprint density at radius 2 is 2.06 bits per heavy atom. The van der Waals surface area contributed by atoms with Crippen molar-refractivity contribution in [2.45, 2.75) is 64.1 Å². The van der Waals surface area contributed by atoms with E-state index < -0.39 is 0 Å². The van der Waals surface area contributed by atoms with Gasteiger partial charge in [0.25, 0.3) is 0 Å². The predicted molar refractivity (Wildman–Crippen MR) is 120 cm³/mol. The van der Waals surface area contributed by atoms with E-state index in [2.05, 4.69) is 65.9 Å². The molecule has 1 atom stereocenters. The number of likely N-dealkylation sites (tertiary alicyclic amines) is 1. The molecule has 2 aromatic rings. The number of aliphatic hydroxyl groups is 1. The molecule has 0 bridgehead atoms. The number of aliphatic hydroxyl groups excluding tert-OH is 1. The lowest BCUT2D eigenvalue weighted by Crippen LogP contribution is -2.57. The van der Waals surface area contributed by atoms with Crippen LogP contribution in [0.25, 0.3) is 0 Å². The van der Waals surface area contributed by atoms with Crippen LogP contribution in [0.1, 0.15) is 63.9 Å². The summed E-state index contributed by atoms with van der Waals surface area (Å²) in [6.07, 6.45) is 3.39. The standard InChI is InChI=1S/C23H32N6O2/c1-15(2)28-22(24-14-25-28)19-10-18-7-8-31-21-6-5-16(9-20(21)29(18)26-19)17-11-27(12-17)23(3,4)13-30/h5-6,9,14-15,17-18,30H,7-8,10-13H2,1-4H3. The Hall–Kier alpha value is -2.45. The van der Waals surface area contributed by atoms with Crippen molar-refractivity contribution in [3.63, 3.8) is 0 Å². The molecule has 1 fully saturated rings. The normalized spacial score (nSPS) is 21.9. The van der Waals surface area contributed by atoms with E-state index in [-0.39, 0.29) is 24.2 Å². The maximum Gasteiger partial charge on any atom is 0.174 e. The monoisotopic (exact) mass is 424 g/mol. The molecule has 3 aliphatic heterocycles. The summed E-state index contributed by atoms with van der Waals surface area (Å²) >= 11 is 0. The predicted octanol–water partition coefficient (Wildman–Crippen LogP) is 2.79. The lowest BCUT2D eigenvalue weighted by molar-refractivity contribution is -0.00249. The van der Waals surface area contributed by atoms with Crippen LogP contribution in [0.5, 0.6) is 5.75 Å². The number of hydrogen-bond acceptors (Lipinski definition) is 7. The lowest BCUT2D eigenvalue weighted by atomic mass is 9.86. The summed E-state index contributed by atoms with van der Waals surface area (Å²) in [5.41, 5.74) is 3.18. The van der Waals surface area contributed by atoms with E-state index in [0.717, 1.165) is 48.9 Å². The van der Waals surface area contributed by atoms with Crippen molar-refractivity contribution >= 4 is 11.4 Å². The Bertz CT molecular complexity index is 992. The molecule has 1 aromatic carbocycles. The summed E-state index contributed by atoms with van der Waals surface area (Å²) in [6.45, 7) is 11.2. The van der Waals surface area contributed by atoms with Gasteiger partial charge < -0.3 is 9.84 Å². The first-order valence-corrected chi connectivity index (χ1v) is 11.3. The summed E-state index contributed by atoms with van der Waals surface area (Å²) in [5.74, 6) is 2.23. The molecule has 1 aromatic heterocycles. The molecular weight excluding hydrogens is 392 g/mol. The smallest absolute Gasteiger partial charge is 0.174 e. The van der Waals surface area contributed by atoms with Gasteiger partial charge in [-0.2, -0.15) is 10.2 Å². The molecule has 0 aliphatic carbocycles. The van der Waals surface area contributed by atoms with E-state index in [0.29, 0.717) is 12.5 Å². The third kappa shape index (κ3) is 3.51. The first-order valence-electron chi connectivity index (χ1n) is 11.3. The molecule has 5 rings (SSSR count). The zero-order chi connectivity index (χ0) is 21.8. The molecule has 1 unspecified atom stereocenters. The second-order valence-electron chi connectivity index (χ2n) is 9.81. The number of nitrogens with zero attached hydrogens (tertiary/aromatic N) is 6. The molecule has 31 heavy (non-hydrogen) atoms. The summed E-state index contributed by atoms with van der Waals surface area (Å²) in [7, 11) is 0. The van der Waals surface area contributed by atoms with Crippen LogP contribution in [0.15, 0.2) is 29.6 Å². The van der Waals surface area contributed by atoms with Gasteiger partial charge in [-0.05, 0) is 45.4 Å². The number of aromatic nitrogens is 3. The second-order valence-corrected chi connectivity index (χ2v) is 9.81. The highest BCUT2D eigenvalue weighted by atomic mass is 16.5. The highest BCUT2D eigenvalue weighted by Gasteiger charge is 2.39. The third-order valence-corrected chi connectivity index (χ3v) is 6.86. The molecule has 0 radical (unpaired) electrons. The highest BCUT2D eigenvalue weighted by molar-refractivity contribution is 6.00. The second kappa shape index (κ2) is 7.60. The van der Waals surface area contributed by atoms with E-state index >= 15 is 0 Å². The maximum absolute atomic E-state index is 9.64. The molecule has 0 saturated carbocycles. The van der Waals surface area contributed by atoms with Gasteiger partial charge in [0.05, 0.1) is 19.3 Å². The van der Waals surface area contributed by atoms with Gasteiger partial charge in [0, 0.05) is 43.4 Å². The molecule has 4 heterocycles. The van der Waals surface area contributed by atoms with Crippen molar-refractivity contribution in [2.75, 3.05) is 31.3 Å². The van der Waals surface area contributed by atoms with Gasteiger partial charge in [-0.15, -0.1) is 0 Å². The quantitative estimate of drug-likeness (QED) is 0.795. The van der Waals surface area contributed by atoms with E-state index in [1.54, 1.807) is 6.33 Å². The number of anilines is 1. The minimum absolute atomic E-state index is 0.170. The maximum atomic E-state index is 9.64. The molecule has 8 nitrogen and oxygen atoms in total. The van der Waals surface area contributed by atoms with Gasteiger partial charge in [0.15, 0.2) is 5.82 Å². The number of fused-ring (bicyclic) bond motifs is 3. The van der Waals surface area contributed by atoms with E-state index in [9.17, 15) is 5.11 Å². The van der Waals surface area contributed by atoms with Crippen LogP contribution >= 0.6 is 0 Å². The van der Waals surface area contributed by atoms with Crippen molar-refractivity contribution in [1.82, 2.24) is 19.7 Å². The van der Waals surface area contributed by atoms with Gasteiger partial charge in [0.1, 0.15) is 23.5 Å². The number of rotatable bonds is 5.